The minimum Gasteiger partial charge on any atom is -0.363 e. The van der Waals surface area contributed by atoms with Gasteiger partial charge < -0.3 is 9.80 Å². The largest absolute Gasteiger partial charge is 0.363 e. The van der Waals surface area contributed by atoms with E-state index in [1.165, 1.54) is 6.07 Å². The highest BCUT2D eigenvalue weighted by molar-refractivity contribution is 5.79. The van der Waals surface area contributed by atoms with E-state index in [-0.39, 0.29) is 17.6 Å². The molecule has 1 fully saturated rings. The van der Waals surface area contributed by atoms with Crippen LogP contribution in [0, 0.1) is 5.82 Å². The molecule has 0 aliphatic carbocycles. The number of hydrogen-bond donors (Lipinski definition) is 0. The van der Waals surface area contributed by atoms with Gasteiger partial charge in [0.1, 0.15) is 17.5 Å². The van der Waals surface area contributed by atoms with E-state index in [1.807, 2.05) is 57.4 Å². The molecule has 0 saturated carbocycles. The second kappa shape index (κ2) is 9.67. The SMILES string of the molecule is CN(Cc1cccc(-c2cccc(F)c2)c1)Cc1nc([C@H]2CC(=O)N(C)C2)cc(N(C)C)n1. The maximum Gasteiger partial charge on any atom is 0.223 e. The minimum absolute atomic E-state index is 0.0937. The molecule has 0 spiro atoms. The predicted octanol–water partition coefficient (Wildman–Crippen LogP) is 3.93. The average molecular weight is 448 g/mol. The van der Waals surface area contributed by atoms with E-state index < -0.39 is 0 Å². The second-order valence-electron chi connectivity index (χ2n) is 9.02. The van der Waals surface area contributed by atoms with Crippen LogP contribution in [0.25, 0.3) is 11.1 Å². The molecule has 1 aliphatic rings. The summed E-state index contributed by atoms with van der Waals surface area (Å²) in [5, 5.41) is 0. The maximum atomic E-state index is 13.6. The van der Waals surface area contributed by atoms with Gasteiger partial charge in [0.2, 0.25) is 5.91 Å². The Hall–Kier alpha value is -3.32. The molecular formula is C26H30FN5O. The summed E-state index contributed by atoms with van der Waals surface area (Å²) in [6.45, 7) is 1.97. The van der Waals surface area contributed by atoms with Crippen LogP contribution in [0.4, 0.5) is 10.2 Å². The molecule has 4 rings (SSSR count). The van der Waals surface area contributed by atoms with Crippen LogP contribution < -0.4 is 4.90 Å². The van der Waals surface area contributed by atoms with Crippen LogP contribution in [0.1, 0.15) is 29.4 Å². The van der Waals surface area contributed by atoms with Crippen LogP contribution in [0.15, 0.2) is 54.6 Å². The normalized spacial score (nSPS) is 16.0. The molecule has 1 aromatic heterocycles. The number of halogens is 1. The maximum absolute atomic E-state index is 13.6. The summed E-state index contributed by atoms with van der Waals surface area (Å²) >= 11 is 0. The van der Waals surface area contributed by atoms with Crippen LogP contribution in [-0.4, -0.2) is 60.4 Å². The van der Waals surface area contributed by atoms with E-state index >= 15 is 0 Å². The van der Waals surface area contributed by atoms with Gasteiger partial charge in [0, 0.05) is 52.6 Å². The van der Waals surface area contributed by atoms with Crippen molar-refractivity contribution in [3.63, 3.8) is 0 Å². The molecule has 172 valence electrons. The summed E-state index contributed by atoms with van der Waals surface area (Å²) in [5.41, 5.74) is 3.90. The first-order valence-electron chi connectivity index (χ1n) is 11.1. The Bertz CT molecular complexity index is 1150. The first-order valence-corrected chi connectivity index (χ1v) is 11.1. The lowest BCUT2D eigenvalue weighted by Gasteiger charge is -2.20. The van der Waals surface area contributed by atoms with Crippen LogP contribution in [0.3, 0.4) is 0 Å². The van der Waals surface area contributed by atoms with E-state index in [2.05, 4.69) is 17.0 Å². The number of likely N-dealkylation sites (N-methyl/N-ethyl adjacent to an activating group) is 1. The Morgan fingerprint density at radius 2 is 1.73 bits per heavy atom. The molecule has 3 aromatic rings. The number of hydrogen-bond acceptors (Lipinski definition) is 5. The number of anilines is 1. The molecule has 1 atom stereocenters. The Kier molecular flexibility index (Phi) is 6.70. The highest BCUT2D eigenvalue weighted by Crippen LogP contribution is 2.28. The van der Waals surface area contributed by atoms with Crippen molar-refractivity contribution in [1.29, 1.82) is 0 Å². The van der Waals surface area contributed by atoms with Gasteiger partial charge in [0.15, 0.2) is 0 Å². The second-order valence-corrected chi connectivity index (χ2v) is 9.02. The standard InChI is InChI=1S/C26H30FN5O/c1-30(2)25-14-23(21-13-26(33)32(4)16-21)28-24(29-25)17-31(3)15-18-7-5-8-19(11-18)20-9-6-10-22(27)12-20/h5-12,14,21H,13,15-17H2,1-4H3/t21-/m0/s1. The number of benzene rings is 2. The van der Waals surface area contributed by atoms with Crippen molar-refractivity contribution < 1.29 is 9.18 Å². The summed E-state index contributed by atoms with van der Waals surface area (Å²) in [6, 6.07) is 16.8. The lowest BCUT2D eigenvalue weighted by Crippen LogP contribution is -2.22. The van der Waals surface area contributed by atoms with Crippen molar-refractivity contribution in [2.45, 2.75) is 25.4 Å². The Balaban J connectivity index is 1.51. The third-order valence-corrected chi connectivity index (χ3v) is 5.95. The fraction of sp³-hybridized carbons (Fsp3) is 0.346. The van der Waals surface area contributed by atoms with Gasteiger partial charge in [-0.1, -0.05) is 30.3 Å². The molecule has 6 nitrogen and oxygen atoms in total. The van der Waals surface area contributed by atoms with Crippen LogP contribution in [0.5, 0.6) is 0 Å². The Labute approximate surface area is 194 Å². The molecule has 2 heterocycles. The smallest absolute Gasteiger partial charge is 0.223 e. The Morgan fingerprint density at radius 1 is 1.00 bits per heavy atom. The molecule has 0 unspecified atom stereocenters. The molecule has 2 aromatic carbocycles. The molecule has 0 radical (unpaired) electrons. The van der Waals surface area contributed by atoms with E-state index in [0.29, 0.717) is 26.1 Å². The van der Waals surface area contributed by atoms with Crippen LogP contribution in [-0.2, 0) is 17.9 Å². The highest BCUT2D eigenvalue weighted by atomic mass is 19.1. The van der Waals surface area contributed by atoms with Gasteiger partial charge in [-0.3, -0.25) is 9.69 Å². The van der Waals surface area contributed by atoms with E-state index in [1.54, 1.807) is 17.0 Å². The third kappa shape index (κ3) is 5.54. The number of carbonyl (C=O) groups is 1. The molecular weight excluding hydrogens is 417 g/mol. The zero-order chi connectivity index (χ0) is 23.5. The number of aromatic nitrogens is 2. The fourth-order valence-corrected chi connectivity index (χ4v) is 4.20. The van der Waals surface area contributed by atoms with Gasteiger partial charge in [-0.05, 0) is 41.9 Å². The Morgan fingerprint density at radius 3 is 2.39 bits per heavy atom. The zero-order valence-electron chi connectivity index (χ0n) is 19.6. The van der Waals surface area contributed by atoms with Crippen molar-refractivity contribution in [1.82, 2.24) is 19.8 Å². The van der Waals surface area contributed by atoms with Gasteiger partial charge in [-0.15, -0.1) is 0 Å². The summed E-state index contributed by atoms with van der Waals surface area (Å²) in [6.07, 6.45) is 0.489. The number of rotatable bonds is 7. The number of likely N-dealkylation sites (tertiary alicyclic amines) is 1. The molecule has 1 amide bonds. The van der Waals surface area contributed by atoms with Gasteiger partial charge in [-0.2, -0.15) is 0 Å². The molecule has 1 saturated heterocycles. The van der Waals surface area contributed by atoms with E-state index in [4.69, 9.17) is 9.97 Å². The minimum atomic E-state index is -0.237. The third-order valence-electron chi connectivity index (χ3n) is 5.95. The monoisotopic (exact) mass is 447 g/mol. The van der Waals surface area contributed by atoms with Crippen LogP contribution >= 0.6 is 0 Å². The zero-order valence-corrected chi connectivity index (χ0v) is 19.6. The van der Waals surface area contributed by atoms with Gasteiger partial charge >= 0.3 is 0 Å². The molecule has 1 aliphatic heterocycles. The number of nitrogens with zero attached hydrogens (tertiary/aromatic N) is 5. The average Bonchev–Trinajstić information content (AvgIpc) is 3.12. The van der Waals surface area contributed by atoms with Crippen molar-refractivity contribution in [2.24, 2.45) is 0 Å². The van der Waals surface area contributed by atoms with Gasteiger partial charge in [-0.25, -0.2) is 14.4 Å². The van der Waals surface area contributed by atoms with Gasteiger partial charge in [0.25, 0.3) is 0 Å². The lowest BCUT2D eigenvalue weighted by atomic mass is 10.0. The molecule has 7 heteroatoms. The molecule has 0 N–H and O–H groups in total. The summed E-state index contributed by atoms with van der Waals surface area (Å²) in [5.74, 6) is 1.59. The number of carbonyl (C=O) groups excluding carboxylic acids is 1. The quantitative estimate of drug-likeness (QED) is 0.549. The van der Waals surface area contributed by atoms with Crippen molar-refractivity contribution in [3.05, 3.63) is 77.5 Å². The van der Waals surface area contributed by atoms with Crippen molar-refractivity contribution in [2.75, 3.05) is 39.6 Å². The van der Waals surface area contributed by atoms with E-state index in [0.717, 1.165) is 34.0 Å². The highest BCUT2D eigenvalue weighted by Gasteiger charge is 2.29. The van der Waals surface area contributed by atoms with Gasteiger partial charge in [0.05, 0.1) is 12.2 Å². The first-order chi connectivity index (χ1) is 15.8. The molecule has 33 heavy (non-hydrogen) atoms. The topological polar surface area (TPSA) is 52.6 Å². The first kappa shape index (κ1) is 22.9. The number of amides is 1. The molecule has 0 bridgehead atoms. The summed E-state index contributed by atoms with van der Waals surface area (Å²) in [7, 11) is 7.79. The summed E-state index contributed by atoms with van der Waals surface area (Å²) < 4.78 is 13.6. The summed E-state index contributed by atoms with van der Waals surface area (Å²) in [4.78, 5) is 27.5. The van der Waals surface area contributed by atoms with Crippen molar-refractivity contribution in [3.8, 4) is 11.1 Å². The predicted molar refractivity (Wildman–Crippen MR) is 128 cm³/mol. The van der Waals surface area contributed by atoms with Crippen molar-refractivity contribution >= 4 is 11.7 Å². The fourth-order valence-electron chi connectivity index (χ4n) is 4.20. The van der Waals surface area contributed by atoms with E-state index in [9.17, 15) is 9.18 Å². The van der Waals surface area contributed by atoms with Crippen LogP contribution in [0.2, 0.25) is 0 Å². The lowest BCUT2D eigenvalue weighted by molar-refractivity contribution is -0.126.